The fourth-order valence-electron chi connectivity index (χ4n) is 2.33. The summed E-state index contributed by atoms with van der Waals surface area (Å²) in [5.41, 5.74) is 0. The first-order chi connectivity index (χ1) is 8.31. The molecule has 0 aromatic carbocycles. The van der Waals surface area contributed by atoms with Crippen LogP contribution in [0.1, 0.15) is 13.3 Å². The topological polar surface area (TPSA) is 44.8 Å². The van der Waals surface area contributed by atoms with E-state index < -0.39 is 0 Å². The monoisotopic (exact) mass is 241 g/mol. The fourth-order valence-corrected chi connectivity index (χ4v) is 2.33. The third-order valence-corrected chi connectivity index (χ3v) is 3.46. The summed E-state index contributed by atoms with van der Waals surface area (Å²) in [7, 11) is 0. The number of nitrogens with zero attached hydrogens (tertiary/aromatic N) is 2. The molecule has 0 aromatic rings. The number of hydrogen-bond donors (Lipinski definition) is 1. The Morgan fingerprint density at radius 2 is 2.06 bits per heavy atom. The van der Waals surface area contributed by atoms with Gasteiger partial charge in [-0.05, 0) is 6.42 Å². The van der Waals surface area contributed by atoms with Gasteiger partial charge in [-0.3, -0.25) is 9.69 Å². The highest BCUT2D eigenvalue weighted by atomic mass is 16.5. The van der Waals surface area contributed by atoms with Crippen molar-refractivity contribution in [1.82, 2.24) is 15.1 Å². The van der Waals surface area contributed by atoms with Gasteiger partial charge in [0.1, 0.15) is 6.61 Å². The normalized spacial score (nSPS) is 22.5. The van der Waals surface area contributed by atoms with Gasteiger partial charge in [-0.1, -0.05) is 6.92 Å². The summed E-state index contributed by atoms with van der Waals surface area (Å²) in [4.78, 5) is 16.1. The Labute approximate surface area is 103 Å². The standard InChI is InChI=1S/C12H23N3O2/c1-2-7-17-10-12(16)15-8-11(9-15)14-5-3-13-4-6-14/h11,13H,2-10H2,1H3. The number of amides is 1. The predicted octanol–water partition coefficient (Wildman–Crippen LogP) is -0.471. The van der Waals surface area contributed by atoms with Gasteiger partial charge in [-0.15, -0.1) is 0 Å². The molecule has 1 N–H and O–H groups in total. The van der Waals surface area contributed by atoms with Crippen LogP contribution in [0.5, 0.6) is 0 Å². The van der Waals surface area contributed by atoms with Crippen LogP contribution in [0.3, 0.4) is 0 Å². The Hall–Kier alpha value is -0.650. The predicted molar refractivity (Wildman–Crippen MR) is 65.9 cm³/mol. The Bertz CT molecular complexity index is 248. The number of rotatable bonds is 5. The van der Waals surface area contributed by atoms with E-state index in [0.29, 0.717) is 12.6 Å². The van der Waals surface area contributed by atoms with Crippen molar-refractivity contribution in [1.29, 1.82) is 0 Å². The van der Waals surface area contributed by atoms with Gasteiger partial charge in [0.25, 0.3) is 0 Å². The van der Waals surface area contributed by atoms with Gasteiger partial charge in [-0.25, -0.2) is 0 Å². The van der Waals surface area contributed by atoms with Crippen molar-refractivity contribution in [3.63, 3.8) is 0 Å². The molecule has 98 valence electrons. The summed E-state index contributed by atoms with van der Waals surface area (Å²) in [6.07, 6.45) is 0.969. The van der Waals surface area contributed by atoms with Crippen LogP contribution in [0, 0.1) is 0 Å². The maximum Gasteiger partial charge on any atom is 0.248 e. The van der Waals surface area contributed by atoms with Gasteiger partial charge in [0.05, 0.1) is 0 Å². The number of nitrogens with one attached hydrogen (secondary N) is 1. The van der Waals surface area contributed by atoms with Crippen LogP contribution in [0.25, 0.3) is 0 Å². The second-order valence-corrected chi connectivity index (χ2v) is 4.79. The number of ether oxygens (including phenoxy) is 1. The molecule has 17 heavy (non-hydrogen) atoms. The number of carbonyl (C=O) groups excluding carboxylic acids is 1. The average molecular weight is 241 g/mol. The highest BCUT2D eigenvalue weighted by Crippen LogP contribution is 2.15. The smallest absolute Gasteiger partial charge is 0.248 e. The van der Waals surface area contributed by atoms with Crippen LogP contribution >= 0.6 is 0 Å². The van der Waals surface area contributed by atoms with E-state index in [2.05, 4.69) is 17.1 Å². The summed E-state index contributed by atoms with van der Waals surface area (Å²) in [6.45, 7) is 9.12. The van der Waals surface area contributed by atoms with Crippen LogP contribution in [-0.2, 0) is 9.53 Å². The summed E-state index contributed by atoms with van der Waals surface area (Å²) < 4.78 is 5.27. The third kappa shape index (κ3) is 3.40. The molecule has 0 spiro atoms. The zero-order chi connectivity index (χ0) is 12.1. The first kappa shape index (κ1) is 12.8. The molecule has 2 fully saturated rings. The molecule has 5 nitrogen and oxygen atoms in total. The van der Waals surface area contributed by atoms with Crippen LogP contribution in [-0.4, -0.2) is 74.2 Å². The van der Waals surface area contributed by atoms with Crippen LogP contribution in [0.4, 0.5) is 0 Å². The Balaban J connectivity index is 1.62. The van der Waals surface area contributed by atoms with Crippen LogP contribution in [0.15, 0.2) is 0 Å². The molecular weight excluding hydrogens is 218 g/mol. The summed E-state index contributed by atoms with van der Waals surface area (Å²) in [5, 5.41) is 3.34. The molecule has 0 bridgehead atoms. The summed E-state index contributed by atoms with van der Waals surface area (Å²) in [5.74, 6) is 0.143. The molecule has 2 rings (SSSR count). The van der Waals surface area contributed by atoms with E-state index in [-0.39, 0.29) is 12.5 Å². The molecule has 2 aliphatic rings. The van der Waals surface area contributed by atoms with Gasteiger partial charge in [-0.2, -0.15) is 0 Å². The summed E-state index contributed by atoms with van der Waals surface area (Å²) in [6, 6.07) is 0.576. The Kier molecular flexibility index (Phi) is 4.76. The SMILES string of the molecule is CCCOCC(=O)N1CC(N2CCNCC2)C1. The number of piperazine rings is 1. The lowest BCUT2D eigenvalue weighted by molar-refractivity contribution is -0.143. The van der Waals surface area contributed by atoms with E-state index in [1.807, 2.05) is 4.90 Å². The van der Waals surface area contributed by atoms with Gasteiger partial charge < -0.3 is 15.0 Å². The minimum Gasteiger partial charge on any atom is -0.372 e. The average Bonchev–Trinajstić information content (AvgIpc) is 2.29. The first-order valence-electron chi connectivity index (χ1n) is 6.61. The fraction of sp³-hybridized carbons (Fsp3) is 0.917. The number of carbonyl (C=O) groups is 1. The molecule has 0 aliphatic carbocycles. The molecule has 2 saturated heterocycles. The molecule has 0 radical (unpaired) electrons. The van der Waals surface area contributed by atoms with E-state index in [0.717, 1.165) is 45.7 Å². The molecule has 0 aromatic heterocycles. The van der Waals surface area contributed by atoms with Crippen LogP contribution in [0.2, 0.25) is 0 Å². The minimum absolute atomic E-state index is 0.143. The van der Waals surface area contributed by atoms with E-state index >= 15 is 0 Å². The van der Waals surface area contributed by atoms with E-state index in [9.17, 15) is 4.79 Å². The van der Waals surface area contributed by atoms with E-state index in [1.54, 1.807) is 0 Å². The lowest BCUT2D eigenvalue weighted by Gasteiger charge is -2.46. The minimum atomic E-state index is 0.143. The van der Waals surface area contributed by atoms with Crippen LogP contribution < -0.4 is 5.32 Å². The maximum absolute atomic E-state index is 11.7. The van der Waals surface area contributed by atoms with E-state index in [1.165, 1.54) is 0 Å². The van der Waals surface area contributed by atoms with Gasteiger partial charge in [0.15, 0.2) is 0 Å². The van der Waals surface area contributed by atoms with Crippen molar-refractivity contribution in [3.05, 3.63) is 0 Å². The van der Waals surface area contributed by atoms with Gasteiger partial charge >= 0.3 is 0 Å². The molecule has 5 heteroatoms. The summed E-state index contributed by atoms with van der Waals surface area (Å²) >= 11 is 0. The zero-order valence-corrected chi connectivity index (χ0v) is 10.7. The van der Waals surface area contributed by atoms with Crippen molar-refractivity contribution >= 4 is 5.91 Å². The Morgan fingerprint density at radius 3 is 2.71 bits per heavy atom. The molecule has 2 heterocycles. The zero-order valence-electron chi connectivity index (χ0n) is 10.7. The third-order valence-electron chi connectivity index (χ3n) is 3.46. The quantitative estimate of drug-likeness (QED) is 0.661. The number of hydrogen-bond acceptors (Lipinski definition) is 4. The first-order valence-corrected chi connectivity index (χ1v) is 6.61. The maximum atomic E-state index is 11.7. The van der Waals surface area contributed by atoms with Crippen molar-refractivity contribution < 1.29 is 9.53 Å². The molecule has 0 atom stereocenters. The second-order valence-electron chi connectivity index (χ2n) is 4.79. The lowest BCUT2D eigenvalue weighted by atomic mass is 10.1. The number of likely N-dealkylation sites (tertiary alicyclic amines) is 1. The molecule has 0 unspecified atom stereocenters. The van der Waals surface area contributed by atoms with Crippen molar-refractivity contribution in [3.8, 4) is 0 Å². The molecule has 0 saturated carbocycles. The highest BCUT2D eigenvalue weighted by molar-refractivity contribution is 5.78. The Morgan fingerprint density at radius 1 is 1.35 bits per heavy atom. The van der Waals surface area contributed by atoms with Crippen molar-refractivity contribution in [2.24, 2.45) is 0 Å². The van der Waals surface area contributed by atoms with Crippen molar-refractivity contribution in [2.45, 2.75) is 19.4 Å². The molecular formula is C12H23N3O2. The highest BCUT2D eigenvalue weighted by Gasteiger charge is 2.34. The molecule has 1 amide bonds. The van der Waals surface area contributed by atoms with Crippen molar-refractivity contribution in [2.75, 3.05) is 52.5 Å². The largest absolute Gasteiger partial charge is 0.372 e. The molecule has 2 aliphatic heterocycles. The second kappa shape index (κ2) is 6.33. The van der Waals surface area contributed by atoms with E-state index in [4.69, 9.17) is 4.74 Å². The van der Waals surface area contributed by atoms with Gasteiger partial charge in [0.2, 0.25) is 5.91 Å². The van der Waals surface area contributed by atoms with Gasteiger partial charge in [0, 0.05) is 51.9 Å². The lowest BCUT2D eigenvalue weighted by Crippen LogP contribution is -2.64.